The number of anilines is 1. The molecule has 1 N–H and O–H groups in total. The van der Waals surface area contributed by atoms with E-state index in [4.69, 9.17) is 4.74 Å². The lowest BCUT2D eigenvalue weighted by molar-refractivity contribution is 0.00988. The summed E-state index contributed by atoms with van der Waals surface area (Å²) in [6, 6.07) is 8.26. The second kappa shape index (κ2) is 6.75. The number of nitrogens with zero attached hydrogens (tertiary/aromatic N) is 1. The van der Waals surface area contributed by atoms with E-state index in [2.05, 4.69) is 22.3 Å². The van der Waals surface area contributed by atoms with Crippen LogP contribution < -0.4 is 10.2 Å². The van der Waals surface area contributed by atoms with Gasteiger partial charge in [0.15, 0.2) is 0 Å². The molecular formula is C20H28N2O2. The summed E-state index contributed by atoms with van der Waals surface area (Å²) in [4.78, 5) is 14.9. The Labute approximate surface area is 144 Å². The van der Waals surface area contributed by atoms with Crippen molar-refractivity contribution in [2.45, 2.75) is 63.0 Å². The van der Waals surface area contributed by atoms with E-state index >= 15 is 0 Å². The highest BCUT2D eigenvalue weighted by Gasteiger charge is 2.42. The first-order valence-electron chi connectivity index (χ1n) is 9.54. The van der Waals surface area contributed by atoms with Crippen LogP contribution in [-0.2, 0) is 4.74 Å². The molecule has 1 saturated carbocycles. The average Bonchev–Trinajstić information content (AvgIpc) is 3.26. The van der Waals surface area contributed by atoms with E-state index in [9.17, 15) is 4.79 Å². The lowest BCUT2D eigenvalue weighted by Crippen LogP contribution is -2.36. The summed E-state index contributed by atoms with van der Waals surface area (Å²) >= 11 is 0. The highest BCUT2D eigenvalue weighted by atomic mass is 16.5. The maximum Gasteiger partial charge on any atom is 0.251 e. The minimum absolute atomic E-state index is 0.0313. The molecule has 1 aromatic rings. The number of amides is 1. The molecule has 2 saturated heterocycles. The molecule has 4 nitrogen and oxygen atoms in total. The smallest absolute Gasteiger partial charge is 0.251 e. The number of piperidine rings is 1. The predicted molar refractivity (Wildman–Crippen MR) is 95.5 cm³/mol. The van der Waals surface area contributed by atoms with Crippen LogP contribution in [0.4, 0.5) is 5.69 Å². The number of benzene rings is 1. The Morgan fingerprint density at radius 3 is 2.46 bits per heavy atom. The molecule has 1 atom stereocenters. The third-order valence-corrected chi connectivity index (χ3v) is 5.91. The topological polar surface area (TPSA) is 41.6 Å². The first-order chi connectivity index (χ1) is 11.7. The van der Waals surface area contributed by atoms with Crippen molar-refractivity contribution in [3.63, 3.8) is 0 Å². The van der Waals surface area contributed by atoms with Crippen LogP contribution in [0.2, 0.25) is 0 Å². The number of ether oxygens (including phenoxy) is 1. The highest BCUT2D eigenvalue weighted by Crippen LogP contribution is 2.40. The SMILES string of the molecule is O=C(N[C@@H]1COC2(CCCC2)C1)c1ccc(N2CCCCC2)cc1. The van der Waals surface area contributed by atoms with Crippen LogP contribution in [-0.4, -0.2) is 37.2 Å². The van der Waals surface area contributed by atoms with Gasteiger partial charge in [0.2, 0.25) is 0 Å². The number of carbonyl (C=O) groups is 1. The zero-order valence-corrected chi connectivity index (χ0v) is 14.4. The molecule has 0 unspecified atom stereocenters. The van der Waals surface area contributed by atoms with Crippen LogP contribution in [0.15, 0.2) is 24.3 Å². The summed E-state index contributed by atoms with van der Waals surface area (Å²) in [5.41, 5.74) is 2.05. The van der Waals surface area contributed by atoms with Crippen molar-refractivity contribution in [1.82, 2.24) is 5.32 Å². The van der Waals surface area contributed by atoms with Crippen molar-refractivity contribution in [3.8, 4) is 0 Å². The molecule has 3 fully saturated rings. The minimum Gasteiger partial charge on any atom is -0.373 e. The van der Waals surface area contributed by atoms with E-state index in [1.165, 1.54) is 37.8 Å². The molecule has 0 bridgehead atoms. The predicted octanol–water partition coefficient (Wildman–Crippen LogP) is 3.51. The second-order valence-corrected chi connectivity index (χ2v) is 7.67. The van der Waals surface area contributed by atoms with Crippen LogP contribution in [0.1, 0.15) is 61.7 Å². The van der Waals surface area contributed by atoms with Crippen molar-refractivity contribution < 1.29 is 9.53 Å². The fourth-order valence-corrected chi connectivity index (χ4v) is 4.55. The summed E-state index contributed by atoms with van der Waals surface area (Å²) in [6.07, 6.45) is 9.69. The molecule has 0 aromatic heterocycles. The van der Waals surface area contributed by atoms with Gasteiger partial charge in [-0.2, -0.15) is 0 Å². The van der Waals surface area contributed by atoms with E-state index in [0.29, 0.717) is 6.61 Å². The third-order valence-electron chi connectivity index (χ3n) is 5.91. The molecule has 4 rings (SSSR count). The number of hydrogen-bond acceptors (Lipinski definition) is 3. The summed E-state index contributed by atoms with van der Waals surface area (Å²) in [5, 5.41) is 3.17. The molecule has 2 aliphatic heterocycles. The van der Waals surface area contributed by atoms with Gasteiger partial charge in [-0.1, -0.05) is 12.8 Å². The first-order valence-corrected chi connectivity index (χ1v) is 9.54. The lowest BCUT2D eigenvalue weighted by Gasteiger charge is -2.28. The van der Waals surface area contributed by atoms with E-state index < -0.39 is 0 Å². The zero-order valence-electron chi connectivity index (χ0n) is 14.4. The lowest BCUT2D eigenvalue weighted by atomic mass is 9.96. The van der Waals surface area contributed by atoms with Crippen molar-refractivity contribution >= 4 is 11.6 Å². The van der Waals surface area contributed by atoms with Gasteiger partial charge in [-0.05, 0) is 62.8 Å². The van der Waals surface area contributed by atoms with Gasteiger partial charge in [0.1, 0.15) is 0 Å². The molecule has 1 spiro atoms. The maximum atomic E-state index is 12.5. The van der Waals surface area contributed by atoms with Crippen LogP contribution in [0, 0.1) is 0 Å². The van der Waals surface area contributed by atoms with Crippen LogP contribution in [0.3, 0.4) is 0 Å². The molecule has 1 aromatic carbocycles. The maximum absolute atomic E-state index is 12.5. The molecule has 4 heteroatoms. The number of nitrogens with one attached hydrogen (secondary N) is 1. The van der Waals surface area contributed by atoms with Gasteiger partial charge in [-0.3, -0.25) is 4.79 Å². The molecule has 1 amide bonds. The molecular weight excluding hydrogens is 300 g/mol. The molecule has 24 heavy (non-hydrogen) atoms. The van der Waals surface area contributed by atoms with Crippen LogP contribution in [0.25, 0.3) is 0 Å². The fraction of sp³-hybridized carbons (Fsp3) is 0.650. The molecule has 2 heterocycles. The summed E-state index contributed by atoms with van der Waals surface area (Å²) in [7, 11) is 0. The molecule has 0 radical (unpaired) electrons. The molecule has 3 aliphatic rings. The Morgan fingerprint density at radius 2 is 1.75 bits per heavy atom. The number of rotatable bonds is 3. The Bertz CT molecular complexity index is 572. The second-order valence-electron chi connectivity index (χ2n) is 7.67. The highest BCUT2D eigenvalue weighted by molar-refractivity contribution is 5.94. The van der Waals surface area contributed by atoms with E-state index in [1.807, 2.05) is 12.1 Å². The monoisotopic (exact) mass is 328 g/mol. The normalized spacial score (nSPS) is 26.0. The Hall–Kier alpha value is -1.55. The largest absolute Gasteiger partial charge is 0.373 e. The standard InChI is InChI=1S/C20H28N2O2/c23-19(21-17-14-20(24-15-17)10-2-3-11-20)16-6-8-18(9-7-16)22-12-4-1-5-13-22/h6-9,17H,1-5,10-15H2,(H,21,23)/t17-/m0/s1. The average molecular weight is 328 g/mol. The van der Waals surface area contributed by atoms with Gasteiger partial charge in [0, 0.05) is 24.3 Å². The van der Waals surface area contributed by atoms with Crippen molar-refractivity contribution in [2.75, 3.05) is 24.6 Å². The fourth-order valence-electron chi connectivity index (χ4n) is 4.55. The summed E-state index contributed by atoms with van der Waals surface area (Å²) in [5.74, 6) is 0.0313. The third kappa shape index (κ3) is 3.30. The van der Waals surface area contributed by atoms with Crippen LogP contribution >= 0.6 is 0 Å². The van der Waals surface area contributed by atoms with Gasteiger partial charge < -0.3 is 15.0 Å². The first kappa shape index (κ1) is 15.9. The van der Waals surface area contributed by atoms with Crippen molar-refractivity contribution in [3.05, 3.63) is 29.8 Å². The zero-order chi connectivity index (χ0) is 16.4. The molecule has 130 valence electrons. The van der Waals surface area contributed by atoms with Gasteiger partial charge in [0.05, 0.1) is 18.2 Å². The number of hydrogen-bond donors (Lipinski definition) is 1. The Balaban J connectivity index is 1.34. The Kier molecular flexibility index (Phi) is 4.49. The van der Waals surface area contributed by atoms with Gasteiger partial charge in [-0.25, -0.2) is 0 Å². The van der Waals surface area contributed by atoms with E-state index in [0.717, 1.165) is 37.9 Å². The minimum atomic E-state index is 0.0313. The van der Waals surface area contributed by atoms with E-state index in [1.54, 1.807) is 0 Å². The van der Waals surface area contributed by atoms with Gasteiger partial charge >= 0.3 is 0 Å². The quantitative estimate of drug-likeness (QED) is 0.923. The van der Waals surface area contributed by atoms with Crippen LogP contribution in [0.5, 0.6) is 0 Å². The molecule has 1 aliphatic carbocycles. The Morgan fingerprint density at radius 1 is 1.04 bits per heavy atom. The van der Waals surface area contributed by atoms with E-state index in [-0.39, 0.29) is 17.6 Å². The summed E-state index contributed by atoms with van der Waals surface area (Å²) in [6.45, 7) is 2.93. The van der Waals surface area contributed by atoms with Crippen molar-refractivity contribution in [1.29, 1.82) is 0 Å². The van der Waals surface area contributed by atoms with Gasteiger partial charge in [-0.15, -0.1) is 0 Å². The summed E-state index contributed by atoms with van der Waals surface area (Å²) < 4.78 is 6.03. The van der Waals surface area contributed by atoms with Crippen molar-refractivity contribution in [2.24, 2.45) is 0 Å². The van der Waals surface area contributed by atoms with Gasteiger partial charge in [0.25, 0.3) is 5.91 Å². The number of carbonyl (C=O) groups excluding carboxylic acids is 1.